The van der Waals surface area contributed by atoms with Crippen molar-refractivity contribution in [2.75, 3.05) is 20.7 Å². The van der Waals surface area contributed by atoms with Gasteiger partial charge < -0.3 is 9.64 Å². The molecule has 0 aliphatic carbocycles. The van der Waals surface area contributed by atoms with Crippen LogP contribution in [0.2, 0.25) is 0 Å². The Bertz CT molecular complexity index is 514. The second-order valence-corrected chi connectivity index (χ2v) is 4.50. The van der Waals surface area contributed by atoms with Gasteiger partial charge in [0.15, 0.2) is 0 Å². The van der Waals surface area contributed by atoms with Crippen LogP contribution in [-0.2, 0) is 4.74 Å². The molecule has 1 amide bonds. The van der Waals surface area contributed by atoms with Gasteiger partial charge in [-0.1, -0.05) is 25.1 Å². The number of ether oxygens (including phenoxy) is 1. The highest BCUT2D eigenvalue weighted by Crippen LogP contribution is 2.26. The van der Waals surface area contributed by atoms with Crippen LogP contribution in [0.25, 0.3) is 0 Å². The minimum absolute atomic E-state index is 0.0211. The van der Waals surface area contributed by atoms with E-state index in [2.05, 4.69) is 4.99 Å². The number of benzene rings is 1. The normalized spacial score (nSPS) is 12.2. The highest BCUT2D eigenvalue weighted by molar-refractivity contribution is 5.78. The highest BCUT2D eigenvalue weighted by Gasteiger charge is 2.19. The molecule has 20 heavy (non-hydrogen) atoms. The van der Waals surface area contributed by atoms with Gasteiger partial charge in [-0.05, 0) is 0 Å². The summed E-state index contributed by atoms with van der Waals surface area (Å²) in [5.74, 6) is -0.282. The zero-order valence-corrected chi connectivity index (χ0v) is 11.6. The van der Waals surface area contributed by atoms with E-state index < -0.39 is 11.0 Å². The van der Waals surface area contributed by atoms with E-state index in [1.54, 1.807) is 44.1 Å². The molecule has 1 atom stereocenters. The Kier molecular flexibility index (Phi) is 5.64. The molecule has 0 heterocycles. The first-order valence-electron chi connectivity index (χ1n) is 6.02. The van der Waals surface area contributed by atoms with Gasteiger partial charge in [-0.15, -0.1) is 0 Å². The molecule has 0 saturated heterocycles. The van der Waals surface area contributed by atoms with Gasteiger partial charge in [0.25, 0.3) is 5.69 Å². The number of rotatable bonds is 5. The van der Waals surface area contributed by atoms with Crippen molar-refractivity contribution in [2.45, 2.75) is 12.8 Å². The third-order valence-corrected chi connectivity index (χ3v) is 2.52. The summed E-state index contributed by atoms with van der Waals surface area (Å²) in [7, 11) is 3.46. The molecule has 7 heteroatoms. The lowest BCUT2D eigenvalue weighted by Crippen LogP contribution is -2.13. The zero-order valence-electron chi connectivity index (χ0n) is 11.6. The van der Waals surface area contributed by atoms with Crippen LogP contribution >= 0.6 is 0 Å². The van der Waals surface area contributed by atoms with Gasteiger partial charge in [0.2, 0.25) is 0 Å². The number of nitro groups is 1. The fourth-order valence-corrected chi connectivity index (χ4v) is 1.56. The van der Waals surface area contributed by atoms with Gasteiger partial charge in [-0.3, -0.25) is 10.1 Å². The predicted molar refractivity (Wildman–Crippen MR) is 75.0 cm³/mol. The first kappa shape index (κ1) is 15.6. The number of hydrogen-bond donors (Lipinski definition) is 0. The van der Waals surface area contributed by atoms with E-state index in [0.717, 1.165) is 0 Å². The predicted octanol–water partition coefficient (Wildman–Crippen LogP) is 2.42. The van der Waals surface area contributed by atoms with E-state index in [9.17, 15) is 14.9 Å². The molecule has 7 nitrogen and oxygen atoms in total. The second-order valence-electron chi connectivity index (χ2n) is 4.50. The van der Waals surface area contributed by atoms with Crippen LogP contribution in [0, 0.1) is 10.1 Å². The number of para-hydroxylation sites is 1. The first-order valence-corrected chi connectivity index (χ1v) is 6.02. The molecule has 0 aliphatic rings. The van der Waals surface area contributed by atoms with Crippen molar-refractivity contribution in [1.82, 2.24) is 4.90 Å². The van der Waals surface area contributed by atoms with Crippen molar-refractivity contribution in [3.05, 3.63) is 39.9 Å². The summed E-state index contributed by atoms with van der Waals surface area (Å²) >= 11 is 0. The van der Waals surface area contributed by atoms with E-state index in [1.165, 1.54) is 12.4 Å². The van der Waals surface area contributed by atoms with E-state index >= 15 is 0 Å². The van der Waals surface area contributed by atoms with Crippen LogP contribution in [0.4, 0.5) is 10.5 Å². The van der Waals surface area contributed by atoms with Crippen LogP contribution in [0.3, 0.4) is 0 Å². The minimum Gasteiger partial charge on any atom is -0.447 e. The van der Waals surface area contributed by atoms with Crippen LogP contribution < -0.4 is 0 Å². The first-order chi connectivity index (χ1) is 9.41. The summed E-state index contributed by atoms with van der Waals surface area (Å²) in [5.41, 5.74) is 0.551. The average Bonchev–Trinajstić information content (AvgIpc) is 2.42. The summed E-state index contributed by atoms with van der Waals surface area (Å²) < 4.78 is 4.96. The molecule has 1 unspecified atom stereocenters. The largest absolute Gasteiger partial charge is 0.447 e. The van der Waals surface area contributed by atoms with Gasteiger partial charge in [0, 0.05) is 31.6 Å². The lowest BCUT2D eigenvalue weighted by Gasteiger charge is -2.11. The van der Waals surface area contributed by atoms with Crippen molar-refractivity contribution >= 4 is 18.1 Å². The fourth-order valence-electron chi connectivity index (χ4n) is 1.56. The smallest absolute Gasteiger partial charge is 0.435 e. The molecule has 1 aromatic carbocycles. The molecule has 0 radical (unpaired) electrons. The number of amides is 1. The zero-order chi connectivity index (χ0) is 15.1. The summed E-state index contributed by atoms with van der Waals surface area (Å²) in [6.07, 6.45) is 0.613. The van der Waals surface area contributed by atoms with Crippen molar-refractivity contribution in [3.8, 4) is 0 Å². The van der Waals surface area contributed by atoms with Gasteiger partial charge in [-0.25, -0.2) is 4.79 Å². The number of aliphatic imine (C=N–C) groups is 1. The maximum absolute atomic E-state index is 11.3. The number of carbonyl (C=O) groups excluding carboxylic acids is 1. The summed E-state index contributed by atoms with van der Waals surface area (Å²) in [4.78, 5) is 26.9. The van der Waals surface area contributed by atoms with Crippen LogP contribution in [0.1, 0.15) is 18.4 Å². The molecule has 1 aromatic rings. The SMILES string of the molecule is CC(COC(=O)/N=C/N(C)C)c1ccccc1[N+](=O)[O-]. The van der Waals surface area contributed by atoms with Crippen molar-refractivity contribution in [2.24, 2.45) is 4.99 Å². The molecule has 0 saturated carbocycles. The van der Waals surface area contributed by atoms with Gasteiger partial charge in [0.05, 0.1) is 11.3 Å². The maximum atomic E-state index is 11.3. The Hall–Kier alpha value is -2.44. The number of carbonyl (C=O) groups is 1. The molecule has 108 valence electrons. The standard InChI is InChI=1S/C13H17N3O4/c1-10(8-20-13(17)14-9-15(2)3)11-6-4-5-7-12(11)16(18)19/h4-7,9-10H,8H2,1-3H3/b14-9+. The summed E-state index contributed by atoms with van der Waals surface area (Å²) in [5, 5.41) is 10.9. The third kappa shape index (κ3) is 4.68. The van der Waals surface area contributed by atoms with E-state index in [0.29, 0.717) is 5.56 Å². The monoisotopic (exact) mass is 279 g/mol. The molecule has 0 aliphatic heterocycles. The molecule has 0 N–H and O–H groups in total. The van der Waals surface area contributed by atoms with Crippen LogP contribution in [0.5, 0.6) is 0 Å². The van der Waals surface area contributed by atoms with Crippen molar-refractivity contribution in [1.29, 1.82) is 0 Å². The van der Waals surface area contributed by atoms with E-state index in [1.807, 2.05) is 0 Å². The lowest BCUT2D eigenvalue weighted by atomic mass is 10.0. The Morgan fingerprint density at radius 1 is 1.50 bits per heavy atom. The van der Waals surface area contributed by atoms with Gasteiger partial charge >= 0.3 is 6.09 Å². The Morgan fingerprint density at radius 3 is 2.75 bits per heavy atom. The summed E-state index contributed by atoms with van der Waals surface area (Å²) in [6, 6.07) is 6.39. The Labute approximate surface area is 117 Å². The molecule has 1 rings (SSSR count). The van der Waals surface area contributed by atoms with Crippen molar-refractivity contribution in [3.63, 3.8) is 0 Å². The molecule has 0 spiro atoms. The molecular weight excluding hydrogens is 262 g/mol. The van der Waals surface area contributed by atoms with E-state index in [-0.39, 0.29) is 18.2 Å². The molecule has 0 aromatic heterocycles. The molecule has 0 fully saturated rings. The Balaban J connectivity index is 2.66. The summed E-state index contributed by atoms with van der Waals surface area (Å²) in [6.45, 7) is 1.79. The number of hydrogen-bond acceptors (Lipinski definition) is 4. The second kappa shape index (κ2) is 7.22. The molecule has 0 bridgehead atoms. The number of nitro benzene ring substituents is 1. The van der Waals surface area contributed by atoms with Gasteiger partial charge in [0.1, 0.15) is 6.61 Å². The van der Waals surface area contributed by atoms with Crippen LogP contribution in [-0.4, -0.2) is 43.0 Å². The van der Waals surface area contributed by atoms with Crippen molar-refractivity contribution < 1.29 is 14.5 Å². The molecular formula is C13H17N3O4. The topological polar surface area (TPSA) is 85.0 Å². The quantitative estimate of drug-likeness (QED) is 0.357. The van der Waals surface area contributed by atoms with E-state index in [4.69, 9.17) is 4.74 Å². The number of nitrogens with zero attached hydrogens (tertiary/aromatic N) is 3. The maximum Gasteiger partial charge on any atom is 0.435 e. The lowest BCUT2D eigenvalue weighted by molar-refractivity contribution is -0.385. The highest BCUT2D eigenvalue weighted by atomic mass is 16.6. The van der Waals surface area contributed by atoms with Gasteiger partial charge in [-0.2, -0.15) is 4.99 Å². The Morgan fingerprint density at radius 2 is 2.15 bits per heavy atom. The average molecular weight is 279 g/mol. The minimum atomic E-state index is -0.718. The third-order valence-electron chi connectivity index (χ3n) is 2.52. The fraction of sp³-hybridized carbons (Fsp3) is 0.385. The van der Waals surface area contributed by atoms with Crippen LogP contribution in [0.15, 0.2) is 29.3 Å².